The van der Waals surface area contributed by atoms with Gasteiger partial charge in [0.15, 0.2) is 0 Å². The van der Waals surface area contributed by atoms with Gasteiger partial charge in [0.05, 0.1) is 17.0 Å². The van der Waals surface area contributed by atoms with E-state index in [4.69, 9.17) is 11.6 Å². The second kappa shape index (κ2) is 10.1. The molecule has 2 N–H and O–H groups in total. The van der Waals surface area contributed by atoms with Gasteiger partial charge in [-0.2, -0.15) is 0 Å². The molecule has 0 saturated carbocycles. The van der Waals surface area contributed by atoms with E-state index in [-0.39, 0.29) is 17.6 Å². The van der Waals surface area contributed by atoms with Crippen LogP contribution in [0.15, 0.2) is 53.4 Å². The number of nitrogens with one attached hydrogen (secondary N) is 2. The van der Waals surface area contributed by atoms with Gasteiger partial charge < -0.3 is 10.6 Å². The highest BCUT2D eigenvalue weighted by Gasteiger charge is 2.12. The van der Waals surface area contributed by atoms with Crippen molar-refractivity contribution in [3.8, 4) is 0 Å². The lowest BCUT2D eigenvalue weighted by Crippen LogP contribution is -2.26. The summed E-state index contributed by atoms with van der Waals surface area (Å²) in [7, 11) is 0. The number of thioether (sulfide) groups is 1. The van der Waals surface area contributed by atoms with Crippen molar-refractivity contribution in [2.75, 3.05) is 17.6 Å². The number of hydrogen-bond donors (Lipinski definition) is 2. The Morgan fingerprint density at radius 3 is 2.52 bits per heavy atom. The molecule has 0 aliphatic rings. The third-order valence-electron chi connectivity index (χ3n) is 3.45. The Bertz CT molecular complexity index is 720. The predicted octanol–water partition coefficient (Wildman–Crippen LogP) is 4.60. The van der Waals surface area contributed by atoms with Crippen molar-refractivity contribution >= 4 is 40.9 Å². The van der Waals surface area contributed by atoms with Crippen molar-refractivity contribution in [2.45, 2.75) is 24.7 Å². The summed E-state index contributed by atoms with van der Waals surface area (Å²) >= 11 is 7.26. The van der Waals surface area contributed by atoms with Gasteiger partial charge in [-0.15, -0.1) is 11.8 Å². The van der Waals surface area contributed by atoms with Gasteiger partial charge in [0, 0.05) is 16.5 Å². The molecule has 2 aromatic rings. The third-order valence-corrected chi connectivity index (χ3v) is 4.71. The zero-order valence-corrected chi connectivity index (χ0v) is 15.6. The summed E-state index contributed by atoms with van der Waals surface area (Å²) in [6.45, 7) is 2.70. The molecule has 4 nitrogen and oxygen atoms in total. The summed E-state index contributed by atoms with van der Waals surface area (Å²) in [4.78, 5) is 25.4. The summed E-state index contributed by atoms with van der Waals surface area (Å²) < 4.78 is 0. The van der Waals surface area contributed by atoms with Gasteiger partial charge in [-0.1, -0.05) is 37.1 Å². The van der Waals surface area contributed by atoms with Crippen LogP contribution in [0.1, 0.15) is 30.1 Å². The van der Waals surface area contributed by atoms with E-state index in [2.05, 4.69) is 17.6 Å². The minimum Gasteiger partial charge on any atom is -0.352 e. The number of carbonyl (C=O) groups is 2. The van der Waals surface area contributed by atoms with Crippen molar-refractivity contribution in [2.24, 2.45) is 0 Å². The van der Waals surface area contributed by atoms with Crippen molar-refractivity contribution in [1.82, 2.24) is 5.32 Å². The molecular formula is C19H21ClN2O2S. The van der Waals surface area contributed by atoms with Gasteiger partial charge >= 0.3 is 0 Å². The van der Waals surface area contributed by atoms with Gasteiger partial charge in [-0.3, -0.25) is 9.59 Å². The van der Waals surface area contributed by atoms with Crippen LogP contribution in [0.25, 0.3) is 0 Å². The molecule has 0 saturated heterocycles. The second-order valence-electron chi connectivity index (χ2n) is 5.45. The highest BCUT2D eigenvalue weighted by atomic mass is 35.5. The molecule has 6 heteroatoms. The number of unbranched alkanes of at least 4 members (excludes halogenated alkanes) is 1. The maximum absolute atomic E-state index is 12.3. The number of rotatable bonds is 8. The predicted molar refractivity (Wildman–Crippen MR) is 104 cm³/mol. The first-order chi connectivity index (χ1) is 12.1. The van der Waals surface area contributed by atoms with Gasteiger partial charge in [-0.25, -0.2) is 0 Å². The van der Waals surface area contributed by atoms with Gasteiger partial charge in [-0.05, 0) is 42.8 Å². The Morgan fingerprint density at radius 1 is 1.08 bits per heavy atom. The molecular weight excluding hydrogens is 356 g/mol. The third kappa shape index (κ3) is 6.44. The van der Waals surface area contributed by atoms with E-state index in [1.165, 1.54) is 11.8 Å². The monoisotopic (exact) mass is 376 g/mol. The van der Waals surface area contributed by atoms with E-state index in [1.54, 1.807) is 36.4 Å². The van der Waals surface area contributed by atoms with Crippen LogP contribution in [0.3, 0.4) is 0 Å². The highest BCUT2D eigenvalue weighted by molar-refractivity contribution is 8.00. The molecule has 0 unspecified atom stereocenters. The number of hydrogen-bond acceptors (Lipinski definition) is 3. The molecule has 0 aromatic heterocycles. The molecule has 2 amide bonds. The van der Waals surface area contributed by atoms with Crippen molar-refractivity contribution in [3.05, 3.63) is 59.1 Å². The van der Waals surface area contributed by atoms with E-state index in [9.17, 15) is 9.59 Å². The number of benzene rings is 2. The number of carbonyl (C=O) groups excluding carboxylic acids is 2. The van der Waals surface area contributed by atoms with Gasteiger partial charge in [0.1, 0.15) is 0 Å². The molecule has 0 fully saturated rings. The van der Waals surface area contributed by atoms with Crippen LogP contribution in [-0.4, -0.2) is 24.1 Å². The molecule has 0 radical (unpaired) electrons. The van der Waals surface area contributed by atoms with E-state index < -0.39 is 0 Å². The average Bonchev–Trinajstić information content (AvgIpc) is 2.62. The van der Waals surface area contributed by atoms with E-state index in [0.29, 0.717) is 22.8 Å². The summed E-state index contributed by atoms with van der Waals surface area (Å²) in [6.07, 6.45) is 1.94. The number of halogens is 1. The quantitative estimate of drug-likeness (QED) is 0.522. The maximum Gasteiger partial charge on any atom is 0.253 e. The topological polar surface area (TPSA) is 58.2 Å². The van der Waals surface area contributed by atoms with Crippen LogP contribution in [0.2, 0.25) is 5.02 Å². The smallest absolute Gasteiger partial charge is 0.253 e. The zero-order valence-electron chi connectivity index (χ0n) is 14.0. The number of anilines is 1. The maximum atomic E-state index is 12.3. The number of amides is 2. The first kappa shape index (κ1) is 19.3. The standard InChI is InChI=1S/C19H21ClN2O2S/c1-2-3-12-21-19(24)16-6-4-5-7-17(16)22-18(23)13-25-15-10-8-14(20)9-11-15/h4-11H,2-3,12-13H2,1H3,(H,21,24)(H,22,23). The largest absolute Gasteiger partial charge is 0.352 e. The number of para-hydroxylation sites is 1. The molecule has 0 aliphatic heterocycles. The van der Waals surface area contributed by atoms with Crippen LogP contribution in [-0.2, 0) is 4.79 Å². The minimum absolute atomic E-state index is 0.159. The van der Waals surface area contributed by atoms with Crippen molar-refractivity contribution in [1.29, 1.82) is 0 Å². The molecule has 0 aliphatic carbocycles. The lowest BCUT2D eigenvalue weighted by molar-refractivity contribution is -0.113. The summed E-state index contributed by atoms with van der Waals surface area (Å²) in [5, 5.41) is 6.35. The summed E-state index contributed by atoms with van der Waals surface area (Å²) in [5.74, 6) is -0.0728. The van der Waals surface area contributed by atoms with E-state index >= 15 is 0 Å². The Labute approximate surface area is 157 Å². The Kier molecular flexibility index (Phi) is 7.82. The lowest BCUT2D eigenvalue weighted by atomic mass is 10.1. The summed E-state index contributed by atoms with van der Waals surface area (Å²) in [6, 6.07) is 14.3. The van der Waals surface area contributed by atoms with Crippen LogP contribution in [0.4, 0.5) is 5.69 Å². The van der Waals surface area contributed by atoms with Crippen LogP contribution in [0, 0.1) is 0 Å². The average molecular weight is 377 g/mol. The second-order valence-corrected chi connectivity index (χ2v) is 6.93. The highest BCUT2D eigenvalue weighted by Crippen LogP contribution is 2.21. The molecule has 0 spiro atoms. The fourth-order valence-electron chi connectivity index (χ4n) is 2.13. The normalized spacial score (nSPS) is 10.3. The molecule has 2 rings (SSSR count). The van der Waals surface area contributed by atoms with Crippen LogP contribution >= 0.6 is 23.4 Å². The lowest BCUT2D eigenvalue weighted by Gasteiger charge is -2.11. The molecule has 25 heavy (non-hydrogen) atoms. The fourth-order valence-corrected chi connectivity index (χ4v) is 2.95. The molecule has 0 atom stereocenters. The fraction of sp³-hybridized carbons (Fsp3) is 0.263. The Morgan fingerprint density at radius 2 is 1.80 bits per heavy atom. The van der Waals surface area contributed by atoms with Gasteiger partial charge in [0.2, 0.25) is 5.91 Å². The van der Waals surface area contributed by atoms with Crippen molar-refractivity contribution < 1.29 is 9.59 Å². The molecule has 2 aromatic carbocycles. The molecule has 0 heterocycles. The molecule has 0 bridgehead atoms. The molecule has 132 valence electrons. The van der Waals surface area contributed by atoms with E-state index in [0.717, 1.165) is 17.7 Å². The van der Waals surface area contributed by atoms with Gasteiger partial charge in [0.25, 0.3) is 5.91 Å². The van der Waals surface area contributed by atoms with E-state index in [1.807, 2.05) is 12.1 Å². The Hall–Kier alpha value is -1.98. The summed E-state index contributed by atoms with van der Waals surface area (Å²) in [5.41, 5.74) is 1.00. The Balaban J connectivity index is 1.93. The minimum atomic E-state index is -0.172. The zero-order chi connectivity index (χ0) is 18.1. The first-order valence-corrected chi connectivity index (χ1v) is 9.52. The van der Waals surface area contributed by atoms with Crippen molar-refractivity contribution in [3.63, 3.8) is 0 Å². The van der Waals surface area contributed by atoms with Crippen LogP contribution in [0.5, 0.6) is 0 Å². The SMILES string of the molecule is CCCCNC(=O)c1ccccc1NC(=O)CSc1ccc(Cl)cc1. The van der Waals surface area contributed by atoms with Crippen LogP contribution < -0.4 is 10.6 Å². The first-order valence-electron chi connectivity index (χ1n) is 8.15.